The Morgan fingerprint density at radius 2 is 2.15 bits per heavy atom. The molecule has 0 bridgehead atoms. The minimum atomic E-state index is 0.634. The van der Waals surface area contributed by atoms with Crippen LogP contribution in [0.1, 0.15) is 44.1 Å². The molecule has 1 fully saturated rings. The third-order valence-corrected chi connectivity index (χ3v) is 4.20. The molecule has 5 heteroatoms. The fraction of sp³-hybridized carbons (Fsp3) is 0.800. The number of hydrogen-bond donors (Lipinski definition) is 1. The Labute approximate surface area is 126 Å². The largest absolute Gasteiger partial charge is 0.381 e. The Morgan fingerprint density at radius 1 is 1.40 bits per heavy atom. The zero-order chi connectivity index (χ0) is 14.4. The van der Waals surface area contributed by atoms with Crippen molar-refractivity contribution in [1.29, 1.82) is 0 Å². The van der Waals surface area contributed by atoms with Gasteiger partial charge in [0.15, 0.2) is 5.15 Å². The molecule has 0 aliphatic carbocycles. The minimum Gasteiger partial charge on any atom is -0.381 e. The van der Waals surface area contributed by atoms with E-state index in [1.807, 2.05) is 0 Å². The van der Waals surface area contributed by atoms with E-state index < -0.39 is 0 Å². The van der Waals surface area contributed by atoms with Crippen LogP contribution in [0.4, 0.5) is 0 Å². The lowest BCUT2D eigenvalue weighted by Crippen LogP contribution is -2.29. The molecule has 1 aliphatic rings. The van der Waals surface area contributed by atoms with Crippen LogP contribution < -0.4 is 0 Å². The summed E-state index contributed by atoms with van der Waals surface area (Å²) in [5.74, 6) is 1.77. The summed E-state index contributed by atoms with van der Waals surface area (Å²) < 4.78 is 5.40. The normalized spacial score (nSPS) is 17.0. The Kier molecular flexibility index (Phi) is 6.33. The number of unbranched alkanes of at least 4 members (excludes halogenated alkanes) is 1. The van der Waals surface area contributed by atoms with Crippen LogP contribution in [0.15, 0.2) is 0 Å². The monoisotopic (exact) mass is 299 g/mol. The molecule has 0 saturated carbocycles. The molecule has 0 unspecified atom stereocenters. The average molecular weight is 300 g/mol. The summed E-state index contributed by atoms with van der Waals surface area (Å²) >= 11 is 6.22. The first-order chi connectivity index (χ1) is 9.69. The Hall–Kier alpha value is -0.580. The van der Waals surface area contributed by atoms with Gasteiger partial charge in [0.1, 0.15) is 5.82 Å². The molecule has 0 atom stereocenters. The highest BCUT2D eigenvalue weighted by Crippen LogP contribution is 2.19. The zero-order valence-electron chi connectivity index (χ0n) is 12.6. The van der Waals surface area contributed by atoms with E-state index in [2.05, 4.69) is 28.8 Å². The van der Waals surface area contributed by atoms with Crippen molar-refractivity contribution in [2.45, 2.75) is 45.6 Å². The van der Waals surface area contributed by atoms with E-state index in [0.29, 0.717) is 5.15 Å². The van der Waals surface area contributed by atoms with Crippen molar-refractivity contribution < 1.29 is 4.74 Å². The molecule has 0 radical (unpaired) electrons. The number of H-pyrrole nitrogens is 1. The van der Waals surface area contributed by atoms with Gasteiger partial charge in [0.2, 0.25) is 0 Å². The highest BCUT2D eigenvalue weighted by molar-refractivity contribution is 6.30. The summed E-state index contributed by atoms with van der Waals surface area (Å²) in [4.78, 5) is 10.1. The summed E-state index contributed by atoms with van der Waals surface area (Å²) in [6.45, 7) is 5.94. The number of rotatable bonds is 7. The van der Waals surface area contributed by atoms with Crippen LogP contribution in [0.5, 0.6) is 0 Å². The predicted octanol–water partition coefficient (Wildman–Crippen LogP) is 3.26. The lowest BCUT2D eigenvalue weighted by atomic mass is 10.00. The maximum Gasteiger partial charge on any atom is 0.151 e. The lowest BCUT2D eigenvalue weighted by Gasteiger charge is -2.26. The van der Waals surface area contributed by atoms with Gasteiger partial charge >= 0.3 is 0 Å². The van der Waals surface area contributed by atoms with Gasteiger partial charge in [0, 0.05) is 32.7 Å². The smallest absolute Gasteiger partial charge is 0.151 e. The highest BCUT2D eigenvalue weighted by Gasteiger charge is 2.17. The fourth-order valence-electron chi connectivity index (χ4n) is 2.71. The number of aromatic amines is 1. The van der Waals surface area contributed by atoms with E-state index in [-0.39, 0.29) is 0 Å². The number of hydrogen-bond acceptors (Lipinski definition) is 3. The Bertz CT molecular complexity index is 402. The van der Waals surface area contributed by atoms with Crippen LogP contribution in [-0.4, -0.2) is 41.7 Å². The third-order valence-electron chi connectivity index (χ3n) is 3.88. The fourth-order valence-corrected chi connectivity index (χ4v) is 2.92. The molecule has 0 amide bonds. The topological polar surface area (TPSA) is 41.2 Å². The zero-order valence-corrected chi connectivity index (χ0v) is 13.4. The van der Waals surface area contributed by atoms with Crippen LogP contribution in [0.2, 0.25) is 5.15 Å². The molecule has 1 N–H and O–H groups in total. The average Bonchev–Trinajstić information content (AvgIpc) is 2.78. The van der Waals surface area contributed by atoms with E-state index in [4.69, 9.17) is 16.3 Å². The van der Waals surface area contributed by atoms with Crippen molar-refractivity contribution in [1.82, 2.24) is 14.9 Å². The molecule has 1 aromatic rings. The van der Waals surface area contributed by atoms with E-state index in [1.54, 1.807) is 0 Å². The first-order valence-corrected chi connectivity index (χ1v) is 8.06. The minimum absolute atomic E-state index is 0.634. The molecule has 0 aromatic carbocycles. The van der Waals surface area contributed by atoms with E-state index >= 15 is 0 Å². The van der Waals surface area contributed by atoms with Crippen molar-refractivity contribution in [2.75, 3.05) is 26.8 Å². The molecule has 2 rings (SSSR count). The van der Waals surface area contributed by atoms with E-state index in [1.165, 1.54) is 19.3 Å². The van der Waals surface area contributed by atoms with Gasteiger partial charge in [-0.25, -0.2) is 4.98 Å². The number of nitrogens with zero attached hydrogens (tertiary/aromatic N) is 2. The Balaban J connectivity index is 1.83. The summed E-state index contributed by atoms with van der Waals surface area (Å²) in [5, 5.41) is 0.634. The summed E-state index contributed by atoms with van der Waals surface area (Å²) in [6.07, 6.45) is 5.66. The van der Waals surface area contributed by atoms with Crippen LogP contribution in [0, 0.1) is 5.92 Å². The standard InChI is InChI=1S/C15H26ClN3O/c1-3-4-5-14-17-13(15(16)18-14)11-19(2)10-12-6-8-20-9-7-12/h12H,3-11H2,1-2H3,(H,17,18). The number of aromatic nitrogens is 2. The van der Waals surface area contributed by atoms with Crippen LogP contribution >= 0.6 is 11.6 Å². The molecule has 1 saturated heterocycles. The lowest BCUT2D eigenvalue weighted by molar-refractivity contribution is 0.0548. The van der Waals surface area contributed by atoms with Crippen LogP contribution in [-0.2, 0) is 17.7 Å². The summed E-state index contributed by atoms with van der Waals surface area (Å²) in [5.41, 5.74) is 1.05. The molecule has 114 valence electrons. The second kappa shape index (κ2) is 8.01. The van der Waals surface area contributed by atoms with Gasteiger partial charge in [-0.2, -0.15) is 0 Å². The second-order valence-electron chi connectivity index (χ2n) is 5.81. The van der Waals surface area contributed by atoms with Gasteiger partial charge in [-0.3, -0.25) is 0 Å². The van der Waals surface area contributed by atoms with E-state index in [9.17, 15) is 0 Å². The molecule has 1 aromatic heterocycles. The quantitative estimate of drug-likeness (QED) is 0.840. The van der Waals surface area contributed by atoms with Gasteiger partial charge in [-0.1, -0.05) is 24.9 Å². The van der Waals surface area contributed by atoms with Crippen molar-refractivity contribution >= 4 is 11.6 Å². The van der Waals surface area contributed by atoms with Crippen molar-refractivity contribution in [3.05, 3.63) is 16.7 Å². The molecule has 2 heterocycles. The molecule has 1 aliphatic heterocycles. The van der Waals surface area contributed by atoms with E-state index in [0.717, 1.165) is 56.6 Å². The number of imidazole rings is 1. The molecular weight excluding hydrogens is 274 g/mol. The SMILES string of the molecule is CCCCc1nc(Cl)c(CN(C)CC2CCOCC2)[nH]1. The van der Waals surface area contributed by atoms with Gasteiger partial charge in [0.05, 0.1) is 5.69 Å². The van der Waals surface area contributed by atoms with Crippen molar-refractivity contribution in [3.63, 3.8) is 0 Å². The number of halogens is 1. The molecular formula is C15H26ClN3O. The maximum absolute atomic E-state index is 6.22. The maximum atomic E-state index is 6.22. The van der Waals surface area contributed by atoms with Crippen molar-refractivity contribution in [2.24, 2.45) is 5.92 Å². The van der Waals surface area contributed by atoms with Gasteiger partial charge in [-0.15, -0.1) is 0 Å². The predicted molar refractivity (Wildman–Crippen MR) is 82.1 cm³/mol. The molecule has 4 nitrogen and oxygen atoms in total. The third kappa shape index (κ3) is 4.76. The van der Waals surface area contributed by atoms with Crippen molar-refractivity contribution in [3.8, 4) is 0 Å². The summed E-state index contributed by atoms with van der Waals surface area (Å²) in [6, 6.07) is 0. The first kappa shape index (κ1) is 15.8. The van der Waals surface area contributed by atoms with Crippen LogP contribution in [0.25, 0.3) is 0 Å². The summed E-state index contributed by atoms with van der Waals surface area (Å²) in [7, 11) is 2.15. The number of nitrogens with one attached hydrogen (secondary N) is 1. The van der Waals surface area contributed by atoms with Gasteiger partial charge in [0.25, 0.3) is 0 Å². The Morgan fingerprint density at radius 3 is 2.85 bits per heavy atom. The van der Waals surface area contributed by atoms with Gasteiger partial charge < -0.3 is 14.6 Å². The number of ether oxygens (including phenoxy) is 1. The molecule has 0 spiro atoms. The second-order valence-corrected chi connectivity index (χ2v) is 6.17. The highest BCUT2D eigenvalue weighted by atomic mass is 35.5. The first-order valence-electron chi connectivity index (χ1n) is 7.68. The van der Waals surface area contributed by atoms with Crippen LogP contribution in [0.3, 0.4) is 0 Å². The number of aryl methyl sites for hydroxylation is 1. The van der Waals surface area contributed by atoms with Gasteiger partial charge in [-0.05, 0) is 32.2 Å². The molecule has 20 heavy (non-hydrogen) atoms.